The lowest BCUT2D eigenvalue weighted by Gasteiger charge is -2.27. The Kier molecular flexibility index (Phi) is 7.25. The predicted octanol–water partition coefficient (Wildman–Crippen LogP) is 3.50. The van der Waals surface area contributed by atoms with E-state index in [1.165, 1.54) is 13.8 Å². The average Bonchev–Trinajstić information content (AvgIpc) is 2.47. The van der Waals surface area contributed by atoms with Crippen LogP contribution in [0.4, 0.5) is 13.2 Å². The Hall–Kier alpha value is -1.37. The molecule has 9 heteroatoms. The molecule has 1 N–H and O–H groups in total. The molecule has 0 bridgehead atoms. The van der Waals surface area contributed by atoms with Crippen LogP contribution in [0.2, 0.25) is 0 Å². The van der Waals surface area contributed by atoms with Gasteiger partial charge in [-0.15, -0.1) is 0 Å². The number of carbonyl (C=O) groups is 1. The maximum absolute atomic E-state index is 12.8. The molecule has 1 atom stereocenters. The number of alkyl halides is 3. The molecule has 0 aromatic heterocycles. The van der Waals surface area contributed by atoms with Crippen molar-refractivity contribution in [2.24, 2.45) is 0 Å². The second-order valence-electron chi connectivity index (χ2n) is 4.55. The van der Waals surface area contributed by atoms with Crippen molar-refractivity contribution in [2.45, 2.75) is 32.2 Å². The lowest BCUT2D eigenvalue weighted by atomic mass is 10.1. The zero-order chi connectivity index (χ0) is 17.5. The molecule has 0 fully saturated rings. The molecule has 5 nitrogen and oxygen atoms in total. The quantitative estimate of drug-likeness (QED) is 0.727. The van der Waals surface area contributed by atoms with Gasteiger partial charge < -0.3 is 14.4 Å². The SMILES string of the molecule is CCOP(=O)(OCC)C(Cc1ccccc1)NC(=O)C(F)(F)F. The molecular weight excluding hydrogens is 334 g/mol. The molecule has 1 aromatic rings. The number of carbonyl (C=O) groups excluding carboxylic acids is 1. The van der Waals surface area contributed by atoms with E-state index in [1.54, 1.807) is 35.6 Å². The van der Waals surface area contributed by atoms with E-state index in [2.05, 4.69) is 0 Å². The first-order valence-electron chi connectivity index (χ1n) is 7.03. The van der Waals surface area contributed by atoms with Crippen molar-refractivity contribution in [3.8, 4) is 0 Å². The van der Waals surface area contributed by atoms with Crippen LogP contribution in [0.1, 0.15) is 19.4 Å². The summed E-state index contributed by atoms with van der Waals surface area (Å²) in [5.74, 6) is -3.61. The van der Waals surface area contributed by atoms with Crippen molar-refractivity contribution >= 4 is 13.5 Å². The predicted molar refractivity (Wildman–Crippen MR) is 79.0 cm³/mol. The van der Waals surface area contributed by atoms with E-state index in [-0.39, 0.29) is 19.6 Å². The number of amides is 1. The Morgan fingerprint density at radius 1 is 1.17 bits per heavy atom. The molecule has 1 amide bonds. The summed E-state index contributed by atoms with van der Waals surface area (Å²) in [6.45, 7) is 3.03. The topological polar surface area (TPSA) is 64.6 Å². The number of halogens is 3. The third-order valence-electron chi connectivity index (χ3n) is 2.83. The van der Waals surface area contributed by atoms with Gasteiger partial charge in [-0.3, -0.25) is 9.36 Å². The number of nitrogens with one attached hydrogen (secondary N) is 1. The van der Waals surface area contributed by atoms with Gasteiger partial charge >= 0.3 is 19.7 Å². The minimum absolute atomic E-state index is 0.0234. The fourth-order valence-corrected chi connectivity index (χ4v) is 3.75. The van der Waals surface area contributed by atoms with Crippen molar-refractivity contribution in [3.63, 3.8) is 0 Å². The van der Waals surface area contributed by atoms with Gasteiger partial charge in [-0.25, -0.2) is 0 Å². The summed E-state index contributed by atoms with van der Waals surface area (Å²) in [5.41, 5.74) is 0.597. The molecule has 130 valence electrons. The van der Waals surface area contributed by atoms with Crippen molar-refractivity contribution in [2.75, 3.05) is 13.2 Å². The Balaban J connectivity index is 3.08. The average molecular weight is 353 g/mol. The molecule has 0 saturated carbocycles. The van der Waals surface area contributed by atoms with Gasteiger partial charge in [-0.05, 0) is 19.4 Å². The largest absolute Gasteiger partial charge is 0.471 e. The van der Waals surface area contributed by atoms with E-state index < -0.39 is 25.5 Å². The smallest absolute Gasteiger partial charge is 0.334 e. The molecule has 1 unspecified atom stereocenters. The summed E-state index contributed by atoms with van der Waals surface area (Å²) < 4.78 is 60.5. The van der Waals surface area contributed by atoms with Crippen LogP contribution in [0, 0.1) is 0 Å². The van der Waals surface area contributed by atoms with E-state index in [0.29, 0.717) is 5.56 Å². The highest BCUT2D eigenvalue weighted by molar-refractivity contribution is 7.54. The fourth-order valence-electron chi connectivity index (χ4n) is 1.89. The maximum atomic E-state index is 12.8. The van der Waals surface area contributed by atoms with Crippen LogP contribution in [0.15, 0.2) is 30.3 Å². The van der Waals surface area contributed by atoms with Crippen LogP contribution < -0.4 is 5.32 Å². The second kappa shape index (κ2) is 8.47. The van der Waals surface area contributed by atoms with Gasteiger partial charge in [0.1, 0.15) is 5.78 Å². The van der Waals surface area contributed by atoms with E-state index in [9.17, 15) is 22.5 Å². The van der Waals surface area contributed by atoms with Crippen LogP contribution in [-0.2, 0) is 24.8 Å². The van der Waals surface area contributed by atoms with Crippen LogP contribution in [0.3, 0.4) is 0 Å². The highest BCUT2D eigenvalue weighted by Crippen LogP contribution is 2.53. The van der Waals surface area contributed by atoms with Gasteiger partial charge in [-0.2, -0.15) is 13.2 Å². The summed E-state index contributed by atoms with van der Waals surface area (Å²) in [4.78, 5) is 11.3. The van der Waals surface area contributed by atoms with Gasteiger partial charge in [0.15, 0.2) is 0 Å². The standard InChI is InChI=1S/C14H19F3NO4P/c1-3-21-23(20,22-4-2)12(18-13(19)14(15,16)17)10-11-8-6-5-7-9-11/h5-9,12H,3-4,10H2,1-2H3,(H,18,19). The number of benzene rings is 1. The van der Waals surface area contributed by atoms with Crippen LogP contribution in [-0.4, -0.2) is 31.1 Å². The number of rotatable bonds is 8. The van der Waals surface area contributed by atoms with Gasteiger partial charge in [0, 0.05) is 6.42 Å². The van der Waals surface area contributed by atoms with Crippen molar-refractivity contribution in [1.29, 1.82) is 0 Å². The van der Waals surface area contributed by atoms with Crippen molar-refractivity contribution in [1.82, 2.24) is 5.32 Å². The first-order chi connectivity index (χ1) is 10.7. The molecule has 0 saturated heterocycles. The summed E-state index contributed by atoms with van der Waals surface area (Å²) in [6, 6.07) is 8.40. The Morgan fingerprint density at radius 2 is 1.70 bits per heavy atom. The fraction of sp³-hybridized carbons (Fsp3) is 0.500. The van der Waals surface area contributed by atoms with E-state index in [1.807, 2.05) is 0 Å². The summed E-state index contributed by atoms with van der Waals surface area (Å²) in [6.07, 6.45) is -5.20. The normalized spacial score (nSPS) is 13.6. The zero-order valence-electron chi connectivity index (χ0n) is 12.8. The van der Waals surface area contributed by atoms with Gasteiger partial charge in [0.25, 0.3) is 0 Å². The van der Waals surface area contributed by atoms with Gasteiger partial charge in [0.2, 0.25) is 0 Å². The van der Waals surface area contributed by atoms with E-state index in [4.69, 9.17) is 9.05 Å². The zero-order valence-corrected chi connectivity index (χ0v) is 13.7. The molecular formula is C14H19F3NO4P. The third kappa shape index (κ3) is 5.97. The highest BCUT2D eigenvalue weighted by Gasteiger charge is 2.44. The van der Waals surface area contributed by atoms with E-state index in [0.717, 1.165) is 0 Å². The molecule has 1 rings (SSSR count). The minimum Gasteiger partial charge on any atom is -0.334 e. The first-order valence-corrected chi connectivity index (χ1v) is 8.64. The summed E-state index contributed by atoms with van der Waals surface area (Å²) >= 11 is 0. The lowest BCUT2D eigenvalue weighted by Crippen LogP contribution is -2.44. The Bertz CT molecular complexity index is 541. The lowest BCUT2D eigenvalue weighted by molar-refractivity contribution is -0.174. The molecule has 23 heavy (non-hydrogen) atoms. The van der Waals surface area contributed by atoms with Crippen molar-refractivity contribution in [3.05, 3.63) is 35.9 Å². The summed E-state index contributed by atoms with van der Waals surface area (Å²) in [5, 5.41) is 1.74. The second-order valence-corrected chi connectivity index (χ2v) is 6.77. The number of hydrogen-bond acceptors (Lipinski definition) is 4. The molecule has 0 aliphatic rings. The molecule has 0 radical (unpaired) electrons. The molecule has 0 aliphatic heterocycles. The highest BCUT2D eigenvalue weighted by atomic mass is 31.2. The Labute approximate surface area is 132 Å². The Morgan fingerprint density at radius 3 is 2.13 bits per heavy atom. The first kappa shape index (κ1) is 19.7. The summed E-state index contributed by atoms with van der Waals surface area (Å²) in [7, 11) is -3.95. The number of hydrogen-bond donors (Lipinski definition) is 1. The molecule has 1 aromatic carbocycles. The monoisotopic (exact) mass is 353 g/mol. The van der Waals surface area contributed by atoms with Gasteiger partial charge in [0.05, 0.1) is 13.2 Å². The minimum atomic E-state index is -5.09. The maximum Gasteiger partial charge on any atom is 0.471 e. The van der Waals surface area contributed by atoms with E-state index >= 15 is 0 Å². The van der Waals surface area contributed by atoms with Gasteiger partial charge in [-0.1, -0.05) is 30.3 Å². The molecule has 0 aliphatic carbocycles. The molecule has 0 heterocycles. The van der Waals surface area contributed by atoms with Crippen LogP contribution in [0.25, 0.3) is 0 Å². The van der Waals surface area contributed by atoms with Crippen LogP contribution >= 0.6 is 7.60 Å². The van der Waals surface area contributed by atoms with Crippen molar-refractivity contribution < 1.29 is 31.6 Å². The molecule has 0 spiro atoms. The third-order valence-corrected chi connectivity index (χ3v) is 5.14. The van der Waals surface area contributed by atoms with Crippen LogP contribution in [0.5, 0.6) is 0 Å².